The first-order valence-corrected chi connectivity index (χ1v) is 7.61. The molecule has 0 radical (unpaired) electrons. The number of hydrogen-bond acceptors (Lipinski definition) is 2. The van der Waals surface area contributed by atoms with Crippen LogP contribution in [0.2, 0.25) is 0 Å². The summed E-state index contributed by atoms with van der Waals surface area (Å²) >= 11 is 0. The third kappa shape index (κ3) is 2.87. The second-order valence-corrected chi connectivity index (χ2v) is 6.47. The van der Waals surface area contributed by atoms with Crippen molar-refractivity contribution in [1.82, 2.24) is 10.2 Å². The lowest BCUT2D eigenvalue weighted by Gasteiger charge is -2.34. The number of hydrogen-bond donors (Lipinski definition) is 1. The summed E-state index contributed by atoms with van der Waals surface area (Å²) in [6.45, 7) is 9.49. The van der Waals surface area contributed by atoms with Gasteiger partial charge in [0.1, 0.15) is 0 Å². The van der Waals surface area contributed by atoms with Gasteiger partial charge in [-0.2, -0.15) is 0 Å². The maximum atomic E-state index is 12.9. The van der Waals surface area contributed by atoms with Crippen molar-refractivity contribution in [2.75, 3.05) is 19.6 Å². The van der Waals surface area contributed by atoms with Gasteiger partial charge >= 0.3 is 0 Å². The van der Waals surface area contributed by atoms with E-state index in [1.807, 2.05) is 0 Å². The highest BCUT2D eigenvalue weighted by Crippen LogP contribution is 2.36. The van der Waals surface area contributed by atoms with E-state index >= 15 is 0 Å². The Morgan fingerprint density at radius 1 is 1.44 bits per heavy atom. The van der Waals surface area contributed by atoms with Crippen molar-refractivity contribution in [3.63, 3.8) is 0 Å². The van der Waals surface area contributed by atoms with Crippen LogP contribution in [0.4, 0.5) is 0 Å². The highest BCUT2D eigenvalue weighted by molar-refractivity contribution is 5.84. The molecule has 0 bridgehead atoms. The van der Waals surface area contributed by atoms with E-state index in [1.165, 1.54) is 12.8 Å². The van der Waals surface area contributed by atoms with Crippen molar-refractivity contribution in [3.8, 4) is 0 Å². The van der Waals surface area contributed by atoms with E-state index < -0.39 is 0 Å². The zero-order valence-corrected chi connectivity index (χ0v) is 12.2. The highest BCUT2D eigenvalue weighted by Gasteiger charge is 2.45. The Balaban J connectivity index is 2.02. The average molecular weight is 252 g/mol. The van der Waals surface area contributed by atoms with Crippen LogP contribution in [0.3, 0.4) is 0 Å². The molecule has 104 valence electrons. The molecule has 1 saturated carbocycles. The van der Waals surface area contributed by atoms with Crippen molar-refractivity contribution >= 4 is 5.91 Å². The Hall–Kier alpha value is -0.570. The first kappa shape index (κ1) is 13.9. The third-order valence-corrected chi connectivity index (χ3v) is 4.57. The molecular formula is C15H28N2O. The van der Waals surface area contributed by atoms with Crippen LogP contribution in [0.5, 0.6) is 0 Å². The molecular weight excluding hydrogens is 224 g/mol. The van der Waals surface area contributed by atoms with Crippen LogP contribution in [0, 0.1) is 11.3 Å². The van der Waals surface area contributed by atoms with Crippen molar-refractivity contribution in [3.05, 3.63) is 0 Å². The lowest BCUT2D eigenvalue weighted by molar-refractivity contribution is -0.142. The molecule has 0 spiro atoms. The van der Waals surface area contributed by atoms with Gasteiger partial charge in [-0.3, -0.25) is 4.79 Å². The fourth-order valence-electron chi connectivity index (χ4n) is 2.92. The van der Waals surface area contributed by atoms with Crippen LogP contribution in [-0.4, -0.2) is 36.5 Å². The van der Waals surface area contributed by atoms with Gasteiger partial charge < -0.3 is 10.2 Å². The molecule has 1 aliphatic heterocycles. The number of amides is 1. The molecule has 1 atom stereocenters. The van der Waals surface area contributed by atoms with Gasteiger partial charge in [-0.05, 0) is 44.6 Å². The van der Waals surface area contributed by atoms with E-state index in [0.29, 0.717) is 17.9 Å². The molecule has 2 rings (SSSR count). The lowest BCUT2D eigenvalue weighted by Crippen LogP contribution is -2.46. The molecule has 1 amide bonds. The number of nitrogens with one attached hydrogen (secondary N) is 1. The molecule has 3 heteroatoms. The average Bonchev–Trinajstić information content (AvgIpc) is 3.06. The Bertz CT molecular complexity index is 291. The first-order valence-electron chi connectivity index (χ1n) is 7.61. The van der Waals surface area contributed by atoms with Gasteiger partial charge in [-0.15, -0.1) is 0 Å². The maximum absolute atomic E-state index is 12.9. The Labute approximate surface area is 111 Å². The first-order chi connectivity index (χ1) is 8.59. The van der Waals surface area contributed by atoms with Gasteiger partial charge in [0.15, 0.2) is 0 Å². The zero-order valence-electron chi connectivity index (χ0n) is 12.2. The summed E-state index contributed by atoms with van der Waals surface area (Å²) < 4.78 is 0. The molecule has 1 unspecified atom stereocenters. The van der Waals surface area contributed by atoms with Crippen LogP contribution in [-0.2, 0) is 4.79 Å². The van der Waals surface area contributed by atoms with Gasteiger partial charge in [0, 0.05) is 19.1 Å². The zero-order chi connectivity index (χ0) is 13.2. The van der Waals surface area contributed by atoms with Gasteiger partial charge in [-0.25, -0.2) is 0 Å². The summed E-state index contributed by atoms with van der Waals surface area (Å²) in [6, 6.07) is 0.556. The molecule has 3 nitrogen and oxygen atoms in total. The number of carbonyl (C=O) groups excluding carboxylic acids is 1. The molecule has 1 aliphatic carbocycles. The normalized spacial score (nSPS) is 27.8. The number of rotatable bonds is 6. The van der Waals surface area contributed by atoms with E-state index in [1.54, 1.807) is 0 Å². The van der Waals surface area contributed by atoms with Crippen LogP contribution in [0.1, 0.15) is 52.9 Å². The van der Waals surface area contributed by atoms with Crippen LogP contribution >= 0.6 is 0 Å². The van der Waals surface area contributed by atoms with Gasteiger partial charge in [0.05, 0.1) is 5.41 Å². The molecule has 0 aromatic carbocycles. The number of carbonyl (C=O) groups is 1. The predicted octanol–water partition coefficient (Wildman–Crippen LogP) is 2.41. The quantitative estimate of drug-likeness (QED) is 0.787. The molecule has 2 aliphatic rings. The van der Waals surface area contributed by atoms with Crippen molar-refractivity contribution in [1.29, 1.82) is 0 Å². The third-order valence-electron chi connectivity index (χ3n) is 4.57. The molecule has 0 aromatic rings. The standard InChI is InChI=1S/C15H28N2O/c1-4-15(8-9-16-11-15)14(18)17(13-5-6-13)10-7-12(2)3/h12-13,16H,4-11H2,1-3H3. The number of nitrogens with zero attached hydrogens (tertiary/aromatic N) is 1. The maximum Gasteiger partial charge on any atom is 0.230 e. The smallest absolute Gasteiger partial charge is 0.230 e. The summed E-state index contributed by atoms with van der Waals surface area (Å²) in [5, 5.41) is 3.38. The lowest BCUT2D eigenvalue weighted by atomic mass is 9.82. The van der Waals surface area contributed by atoms with Gasteiger partial charge in [0.25, 0.3) is 0 Å². The van der Waals surface area contributed by atoms with Crippen molar-refractivity contribution in [2.24, 2.45) is 11.3 Å². The van der Waals surface area contributed by atoms with E-state index in [0.717, 1.165) is 38.9 Å². The van der Waals surface area contributed by atoms with Crippen LogP contribution in [0.15, 0.2) is 0 Å². The predicted molar refractivity (Wildman–Crippen MR) is 74.4 cm³/mol. The fraction of sp³-hybridized carbons (Fsp3) is 0.933. The Kier molecular flexibility index (Phi) is 4.31. The Morgan fingerprint density at radius 3 is 2.61 bits per heavy atom. The van der Waals surface area contributed by atoms with Gasteiger partial charge in [-0.1, -0.05) is 20.8 Å². The highest BCUT2D eigenvalue weighted by atomic mass is 16.2. The van der Waals surface area contributed by atoms with Crippen LogP contribution in [0.25, 0.3) is 0 Å². The molecule has 1 heterocycles. The molecule has 1 saturated heterocycles. The molecule has 0 aromatic heterocycles. The van der Waals surface area contributed by atoms with E-state index in [9.17, 15) is 4.79 Å². The minimum atomic E-state index is -0.0976. The van der Waals surface area contributed by atoms with E-state index in [-0.39, 0.29) is 5.41 Å². The fourth-order valence-corrected chi connectivity index (χ4v) is 2.92. The minimum absolute atomic E-state index is 0.0976. The second kappa shape index (κ2) is 5.60. The molecule has 2 fully saturated rings. The SMILES string of the molecule is CCC1(C(=O)N(CCC(C)C)C2CC2)CCNC1. The van der Waals surface area contributed by atoms with E-state index in [2.05, 4.69) is 31.0 Å². The molecule has 18 heavy (non-hydrogen) atoms. The van der Waals surface area contributed by atoms with Crippen molar-refractivity contribution in [2.45, 2.75) is 58.9 Å². The summed E-state index contributed by atoms with van der Waals surface area (Å²) in [5.74, 6) is 1.11. The summed E-state index contributed by atoms with van der Waals surface area (Å²) in [5.41, 5.74) is -0.0976. The topological polar surface area (TPSA) is 32.3 Å². The van der Waals surface area contributed by atoms with Crippen molar-refractivity contribution < 1.29 is 4.79 Å². The molecule has 1 N–H and O–H groups in total. The summed E-state index contributed by atoms with van der Waals surface area (Å²) in [6.07, 6.45) is 5.57. The minimum Gasteiger partial charge on any atom is -0.339 e. The Morgan fingerprint density at radius 2 is 2.17 bits per heavy atom. The van der Waals surface area contributed by atoms with Gasteiger partial charge in [0.2, 0.25) is 5.91 Å². The summed E-state index contributed by atoms with van der Waals surface area (Å²) in [7, 11) is 0. The van der Waals surface area contributed by atoms with E-state index in [4.69, 9.17) is 0 Å². The largest absolute Gasteiger partial charge is 0.339 e. The summed E-state index contributed by atoms with van der Waals surface area (Å²) in [4.78, 5) is 15.1. The second-order valence-electron chi connectivity index (χ2n) is 6.47. The monoisotopic (exact) mass is 252 g/mol. The van der Waals surface area contributed by atoms with Crippen LogP contribution < -0.4 is 5.32 Å².